The minimum absolute atomic E-state index is 0.00726. The van der Waals surface area contributed by atoms with Gasteiger partial charge < -0.3 is 10.2 Å². The fourth-order valence-electron chi connectivity index (χ4n) is 1.47. The number of aryl methyl sites for hydroxylation is 1. The van der Waals surface area contributed by atoms with E-state index in [1.54, 1.807) is 5.51 Å². The van der Waals surface area contributed by atoms with Gasteiger partial charge in [0.15, 0.2) is 0 Å². The van der Waals surface area contributed by atoms with Gasteiger partial charge in [0, 0.05) is 13.1 Å². The van der Waals surface area contributed by atoms with E-state index in [0.29, 0.717) is 6.54 Å². The molecule has 1 rings (SSSR count). The highest BCUT2D eigenvalue weighted by Crippen LogP contribution is 2.11. The molecular weight excluding hydrogens is 222 g/mol. The first kappa shape index (κ1) is 13.1. The molecule has 0 aliphatic rings. The molecule has 0 aromatic carbocycles. The number of hydrogen-bond acceptors (Lipinski definition) is 4. The van der Waals surface area contributed by atoms with E-state index < -0.39 is 0 Å². The van der Waals surface area contributed by atoms with Crippen LogP contribution in [0.3, 0.4) is 0 Å². The summed E-state index contributed by atoms with van der Waals surface area (Å²) < 4.78 is 0. The van der Waals surface area contributed by atoms with Gasteiger partial charge in [0.2, 0.25) is 0 Å². The fourth-order valence-corrected chi connectivity index (χ4v) is 2.19. The number of amides is 1. The molecule has 16 heavy (non-hydrogen) atoms. The van der Waals surface area contributed by atoms with Gasteiger partial charge in [-0.25, -0.2) is 4.98 Å². The SMILES string of the molecule is CCN(CC)CCNC(=O)c1scnc1C. The van der Waals surface area contributed by atoms with Gasteiger partial charge in [-0.1, -0.05) is 13.8 Å². The number of aromatic nitrogens is 1. The van der Waals surface area contributed by atoms with E-state index in [-0.39, 0.29) is 5.91 Å². The quantitative estimate of drug-likeness (QED) is 0.821. The summed E-state index contributed by atoms with van der Waals surface area (Å²) in [5.41, 5.74) is 2.51. The van der Waals surface area contributed by atoms with Gasteiger partial charge in [-0.05, 0) is 20.0 Å². The highest BCUT2D eigenvalue weighted by molar-refractivity contribution is 7.11. The topological polar surface area (TPSA) is 45.2 Å². The van der Waals surface area contributed by atoms with Crippen LogP contribution in [-0.4, -0.2) is 42.0 Å². The van der Waals surface area contributed by atoms with Crippen molar-refractivity contribution in [3.8, 4) is 0 Å². The molecule has 5 heteroatoms. The first-order valence-corrected chi connectivity index (χ1v) is 6.47. The van der Waals surface area contributed by atoms with Gasteiger partial charge >= 0.3 is 0 Å². The molecule has 0 aliphatic carbocycles. The van der Waals surface area contributed by atoms with Crippen molar-refractivity contribution in [2.45, 2.75) is 20.8 Å². The van der Waals surface area contributed by atoms with Crippen molar-refractivity contribution in [3.05, 3.63) is 16.1 Å². The normalized spacial score (nSPS) is 10.8. The summed E-state index contributed by atoms with van der Waals surface area (Å²) in [5, 5.41) is 2.91. The Bertz CT molecular complexity index is 334. The number of hydrogen-bond donors (Lipinski definition) is 1. The minimum atomic E-state index is -0.00726. The van der Waals surface area contributed by atoms with E-state index in [0.717, 1.165) is 30.2 Å². The van der Waals surface area contributed by atoms with Crippen LogP contribution >= 0.6 is 11.3 Å². The molecule has 0 unspecified atom stereocenters. The van der Waals surface area contributed by atoms with Gasteiger partial charge in [-0.2, -0.15) is 0 Å². The lowest BCUT2D eigenvalue weighted by Crippen LogP contribution is -2.34. The second kappa shape index (κ2) is 6.60. The first-order valence-electron chi connectivity index (χ1n) is 5.59. The second-order valence-corrected chi connectivity index (χ2v) is 4.40. The molecular formula is C11H19N3OS. The number of nitrogens with zero attached hydrogens (tertiary/aromatic N) is 2. The van der Waals surface area contributed by atoms with Crippen molar-refractivity contribution in [2.75, 3.05) is 26.2 Å². The molecule has 1 N–H and O–H groups in total. The van der Waals surface area contributed by atoms with Crippen LogP contribution in [0.4, 0.5) is 0 Å². The lowest BCUT2D eigenvalue weighted by Gasteiger charge is -2.17. The van der Waals surface area contributed by atoms with Crippen LogP contribution in [0.5, 0.6) is 0 Å². The fraction of sp³-hybridized carbons (Fsp3) is 0.636. The third-order valence-corrected chi connectivity index (χ3v) is 3.49. The molecule has 0 atom stereocenters. The van der Waals surface area contributed by atoms with E-state index in [4.69, 9.17) is 0 Å². The predicted molar refractivity (Wildman–Crippen MR) is 67.0 cm³/mol. The average molecular weight is 241 g/mol. The monoisotopic (exact) mass is 241 g/mol. The minimum Gasteiger partial charge on any atom is -0.350 e. The molecule has 1 amide bonds. The molecule has 90 valence electrons. The van der Waals surface area contributed by atoms with Gasteiger partial charge in [0.05, 0.1) is 11.2 Å². The second-order valence-electron chi connectivity index (χ2n) is 3.55. The van der Waals surface area contributed by atoms with Crippen LogP contribution in [0, 0.1) is 6.92 Å². The van der Waals surface area contributed by atoms with E-state index >= 15 is 0 Å². The molecule has 0 aliphatic heterocycles. The van der Waals surface area contributed by atoms with E-state index in [2.05, 4.69) is 29.0 Å². The summed E-state index contributed by atoms with van der Waals surface area (Å²) in [4.78, 5) is 18.8. The number of rotatable bonds is 6. The Morgan fingerprint density at radius 2 is 2.19 bits per heavy atom. The molecule has 0 bridgehead atoms. The largest absolute Gasteiger partial charge is 0.350 e. The molecule has 1 aromatic rings. The zero-order chi connectivity index (χ0) is 12.0. The molecule has 0 saturated carbocycles. The average Bonchev–Trinajstić information content (AvgIpc) is 2.70. The number of nitrogens with one attached hydrogen (secondary N) is 1. The summed E-state index contributed by atoms with van der Waals surface area (Å²) >= 11 is 1.39. The van der Waals surface area contributed by atoms with Crippen molar-refractivity contribution in [1.82, 2.24) is 15.2 Å². The first-order chi connectivity index (χ1) is 7.69. The van der Waals surface area contributed by atoms with Crippen molar-refractivity contribution in [3.63, 3.8) is 0 Å². The number of carbonyl (C=O) groups excluding carboxylic acids is 1. The molecule has 1 aromatic heterocycles. The standard InChI is InChI=1S/C11H19N3OS/c1-4-14(5-2)7-6-12-11(15)10-9(3)13-8-16-10/h8H,4-7H2,1-3H3,(H,12,15). The van der Waals surface area contributed by atoms with Crippen molar-refractivity contribution in [1.29, 1.82) is 0 Å². The van der Waals surface area contributed by atoms with Gasteiger partial charge in [0.1, 0.15) is 4.88 Å². The summed E-state index contributed by atoms with van der Waals surface area (Å²) in [6, 6.07) is 0. The number of likely N-dealkylation sites (N-methyl/N-ethyl adjacent to an activating group) is 1. The van der Waals surface area contributed by atoms with Crippen molar-refractivity contribution >= 4 is 17.2 Å². The Morgan fingerprint density at radius 3 is 2.69 bits per heavy atom. The highest BCUT2D eigenvalue weighted by atomic mass is 32.1. The Morgan fingerprint density at radius 1 is 1.50 bits per heavy atom. The van der Waals surface area contributed by atoms with E-state index in [1.807, 2.05) is 6.92 Å². The maximum absolute atomic E-state index is 11.7. The summed E-state index contributed by atoms with van der Waals surface area (Å²) in [6.45, 7) is 9.74. The Labute approximate surface area is 101 Å². The summed E-state index contributed by atoms with van der Waals surface area (Å²) in [7, 11) is 0. The van der Waals surface area contributed by atoms with Gasteiger partial charge in [0.25, 0.3) is 5.91 Å². The van der Waals surface area contributed by atoms with Gasteiger partial charge in [-0.3, -0.25) is 4.79 Å². The van der Waals surface area contributed by atoms with Crippen LogP contribution < -0.4 is 5.32 Å². The Kier molecular flexibility index (Phi) is 5.42. The Hall–Kier alpha value is -0.940. The van der Waals surface area contributed by atoms with E-state index in [9.17, 15) is 4.79 Å². The Balaban J connectivity index is 2.34. The highest BCUT2D eigenvalue weighted by Gasteiger charge is 2.10. The summed E-state index contributed by atoms with van der Waals surface area (Å²) in [6.07, 6.45) is 0. The van der Waals surface area contributed by atoms with Crippen LogP contribution in [-0.2, 0) is 0 Å². The molecule has 4 nitrogen and oxygen atoms in total. The van der Waals surface area contributed by atoms with Crippen LogP contribution in [0.15, 0.2) is 5.51 Å². The zero-order valence-corrected chi connectivity index (χ0v) is 10.9. The maximum atomic E-state index is 11.7. The maximum Gasteiger partial charge on any atom is 0.263 e. The van der Waals surface area contributed by atoms with Crippen molar-refractivity contribution in [2.24, 2.45) is 0 Å². The number of carbonyl (C=O) groups is 1. The lowest BCUT2D eigenvalue weighted by molar-refractivity contribution is 0.0952. The lowest BCUT2D eigenvalue weighted by atomic mass is 10.3. The third kappa shape index (κ3) is 3.57. The molecule has 0 saturated heterocycles. The zero-order valence-electron chi connectivity index (χ0n) is 10.1. The molecule has 0 fully saturated rings. The smallest absolute Gasteiger partial charge is 0.263 e. The van der Waals surface area contributed by atoms with Crippen LogP contribution in [0.2, 0.25) is 0 Å². The van der Waals surface area contributed by atoms with Gasteiger partial charge in [-0.15, -0.1) is 11.3 Å². The summed E-state index contributed by atoms with van der Waals surface area (Å²) in [5.74, 6) is -0.00726. The molecule has 0 radical (unpaired) electrons. The van der Waals surface area contributed by atoms with E-state index in [1.165, 1.54) is 11.3 Å². The van der Waals surface area contributed by atoms with Crippen LogP contribution in [0.1, 0.15) is 29.2 Å². The predicted octanol–water partition coefficient (Wildman–Crippen LogP) is 1.52. The van der Waals surface area contributed by atoms with Crippen LogP contribution in [0.25, 0.3) is 0 Å². The van der Waals surface area contributed by atoms with Crippen molar-refractivity contribution < 1.29 is 4.79 Å². The molecule has 1 heterocycles. The third-order valence-electron chi connectivity index (χ3n) is 2.56. The molecule has 0 spiro atoms. The number of thiazole rings is 1.